The summed E-state index contributed by atoms with van der Waals surface area (Å²) in [6.07, 6.45) is 4.19. The molecule has 0 saturated carbocycles. The molecule has 1 unspecified atom stereocenters. The summed E-state index contributed by atoms with van der Waals surface area (Å²) in [6.45, 7) is 0.609. The van der Waals surface area contributed by atoms with Crippen LogP contribution in [-0.4, -0.2) is 34.3 Å². The second-order valence-electron chi connectivity index (χ2n) is 6.86. The van der Waals surface area contributed by atoms with Crippen LogP contribution in [0.15, 0.2) is 30.3 Å². The van der Waals surface area contributed by atoms with Crippen molar-refractivity contribution in [2.45, 2.75) is 44.1 Å². The van der Waals surface area contributed by atoms with Gasteiger partial charge in [0.2, 0.25) is 11.8 Å². The zero-order valence-corrected chi connectivity index (χ0v) is 15.3. The van der Waals surface area contributed by atoms with E-state index in [4.69, 9.17) is 10.7 Å². The van der Waals surface area contributed by atoms with Crippen LogP contribution in [0.3, 0.4) is 0 Å². The Kier molecular flexibility index (Phi) is 4.63. The third-order valence-corrected chi connectivity index (χ3v) is 6.19. The molecular weight excluding hydrogens is 348 g/mol. The zero-order valence-electron chi connectivity index (χ0n) is 14.5. The van der Waals surface area contributed by atoms with Gasteiger partial charge in [0, 0.05) is 17.1 Å². The summed E-state index contributed by atoms with van der Waals surface area (Å²) in [7, 11) is 0. The molecule has 1 aromatic carbocycles. The second kappa shape index (κ2) is 7.07. The standard InChI is InChI=1S/C19H22N4O2S/c20-17(24)14-9-5-11-23(14)18(25)13-8-4-10-15-16(13)22-19(26-15)21-12-6-2-1-3-7-12/h1-3,6-7,13-14H,4-5,8-11H2,(H2,20,24)(H,21,22)/t13?,14-/m0/s1. The van der Waals surface area contributed by atoms with Crippen LogP contribution in [0.2, 0.25) is 0 Å². The number of fused-ring (bicyclic) bond motifs is 1. The minimum Gasteiger partial charge on any atom is -0.368 e. The molecule has 1 aliphatic carbocycles. The molecule has 4 rings (SSSR count). The normalized spacial score (nSPS) is 22.1. The summed E-state index contributed by atoms with van der Waals surface area (Å²) in [5.41, 5.74) is 7.34. The minimum absolute atomic E-state index is 0.00353. The number of para-hydroxylation sites is 1. The first-order valence-electron chi connectivity index (χ1n) is 9.05. The number of thiazole rings is 1. The lowest BCUT2D eigenvalue weighted by molar-refractivity contribution is -0.138. The van der Waals surface area contributed by atoms with Gasteiger partial charge in [-0.05, 0) is 44.2 Å². The lowest BCUT2D eigenvalue weighted by Crippen LogP contribution is -2.46. The van der Waals surface area contributed by atoms with Crippen molar-refractivity contribution >= 4 is 34.0 Å². The van der Waals surface area contributed by atoms with E-state index in [1.807, 2.05) is 30.3 Å². The molecule has 0 spiro atoms. The highest BCUT2D eigenvalue weighted by molar-refractivity contribution is 7.15. The number of primary amides is 1. The number of rotatable bonds is 4. The number of carbonyl (C=O) groups is 2. The molecule has 1 aliphatic heterocycles. The number of nitrogens with one attached hydrogen (secondary N) is 1. The van der Waals surface area contributed by atoms with Crippen LogP contribution in [0.4, 0.5) is 10.8 Å². The Labute approximate surface area is 156 Å². The quantitative estimate of drug-likeness (QED) is 0.866. The predicted octanol–water partition coefficient (Wildman–Crippen LogP) is 2.78. The molecule has 1 saturated heterocycles. The maximum Gasteiger partial charge on any atom is 0.240 e. The van der Waals surface area contributed by atoms with E-state index in [1.54, 1.807) is 16.2 Å². The van der Waals surface area contributed by atoms with Crippen LogP contribution < -0.4 is 11.1 Å². The van der Waals surface area contributed by atoms with Crippen molar-refractivity contribution in [3.8, 4) is 0 Å². The Hall–Kier alpha value is -2.41. The Bertz CT molecular complexity index is 820. The summed E-state index contributed by atoms with van der Waals surface area (Å²) in [5.74, 6) is -0.665. The first kappa shape index (κ1) is 17.0. The highest BCUT2D eigenvalue weighted by Crippen LogP contribution is 2.39. The van der Waals surface area contributed by atoms with Crippen LogP contribution in [-0.2, 0) is 16.0 Å². The molecule has 2 heterocycles. The fraction of sp³-hybridized carbons (Fsp3) is 0.421. The maximum absolute atomic E-state index is 13.1. The number of hydrogen-bond acceptors (Lipinski definition) is 5. The van der Waals surface area contributed by atoms with Gasteiger partial charge in [0.05, 0.1) is 11.6 Å². The van der Waals surface area contributed by atoms with Gasteiger partial charge in [0.1, 0.15) is 6.04 Å². The predicted molar refractivity (Wildman–Crippen MR) is 101 cm³/mol. The average Bonchev–Trinajstić information content (AvgIpc) is 3.28. The third kappa shape index (κ3) is 3.19. The molecule has 2 amide bonds. The molecule has 3 N–H and O–H groups in total. The molecule has 7 heteroatoms. The van der Waals surface area contributed by atoms with E-state index in [-0.39, 0.29) is 11.8 Å². The molecule has 1 fully saturated rings. The highest BCUT2D eigenvalue weighted by atomic mass is 32.1. The van der Waals surface area contributed by atoms with Crippen LogP contribution in [0.1, 0.15) is 42.2 Å². The Balaban J connectivity index is 1.57. The van der Waals surface area contributed by atoms with Crippen LogP contribution in [0, 0.1) is 0 Å². The molecule has 0 radical (unpaired) electrons. The Morgan fingerprint density at radius 3 is 2.77 bits per heavy atom. The summed E-state index contributed by atoms with van der Waals surface area (Å²) in [4.78, 5) is 32.3. The van der Waals surface area contributed by atoms with Gasteiger partial charge < -0.3 is 16.0 Å². The van der Waals surface area contributed by atoms with Crippen molar-refractivity contribution in [3.63, 3.8) is 0 Å². The lowest BCUT2D eigenvalue weighted by Gasteiger charge is -2.28. The van der Waals surface area contributed by atoms with E-state index in [0.29, 0.717) is 13.0 Å². The largest absolute Gasteiger partial charge is 0.368 e. The van der Waals surface area contributed by atoms with E-state index >= 15 is 0 Å². The average molecular weight is 370 g/mol. The second-order valence-corrected chi connectivity index (χ2v) is 7.94. The summed E-state index contributed by atoms with van der Waals surface area (Å²) >= 11 is 1.62. The fourth-order valence-corrected chi connectivity index (χ4v) is 4.97. The SMILES string of the molecule is NC(=O)[C@@H]1CCCN1C(=O)C1CCCc2sc(Nc3ccccc3)nc21. The van der Waals surface area contributed by atoms with Crippen molar-refractivity contribution in [2.75, 3.05) is 11.9 Å². The number of nitrogens with zero attached hydrogens (tertiary/aromatic N) is 2. The van der Waals surface area contributed by atoms with Gasteiger partial charge in [-0.15, -0.1) is 11.3 Å². The number of likely N-dealkylation sites (tertiary alicyclic amines) is 1. The number of anilines is 2. The van der Waals surface area contributed by atoms with Gasteiger partial charge in [0.15, 0.2) is 5.13 Å². The molecule has 2 aromatic rings. The smallest absolute Gasteiger partial charge is 0.240 e. The maximum atomic E-state index is 13.1. The number of hydrogen-bond donors (Lipinski definition) is 2. The highest BCUT2D eigenvalue weighted by Gasteiger charge is 2.39. The summed E-state index contributed by atoms with van der Waals surface area (Å²) < 4.78 is 0. The number of nitrogens with two attached hydrogens (primary N) is 1. The van der Waals surface area contributed by atoms with Gasteiger partial charge in [-0.2, -0.15) is 0 Å². The van der Waals surface area contributed by atoms with Crippen molar-refractivity contribution in [2.24, 2.45) is 5.73 Å². The van der Waals surface area contributed by atoms with Crippen molar-refractivity contribution in [3.05, 3.63) is 40.9 Å². The van der Waals surface area contributed by atoms with Gasteiger partial charge in [0.25, 0.3) is 0 Å². The minimum atomic E-state index is -0.464. The molecule has 26 heavy (non-hydrogen) atoms. The number of benzene rings is 1. The Morgan fingerprint density at radius 2 is 2.00 bits per heavy atom. The van der Waals surface area contributed by atoms with Gasteiger partial charge in [-0.1, -0.05) is 18.2 Å². The number of aromatic nitrogens is 1. The van der Waals surface area contributed by atoms with Crippen molar-refractivity contribution in [1.82, 2.24) is 9.88 Å². The topological polar surface area (TPSA) is 88.3 Å². The third-order valence-electron chi connectivity index (χ3n) is 5.14. The number of carbonyl (C=O) groups excluding carboxylic acids is 2. The number of aryl methyl sites for hydroxylation is 1. The van der Waals surface area contributed by atoms with Gasteiger partial charge >= 0.3 is 0 Å². The summed E-state index contributed by atoms with van der Waals surface area (Å²) in [6, 6.07) is 9.43. The molecular formula is C19H22N4O2S. The van der Waals surface area contributed by atoms with E-state index in [1.165, 1.54) is 4.88 Å². The van der Waals surface area contributed by atoms with E-state index in [2.05, 4.69) is 5.32 Å². The van der Waals surface area contributed by atoms with E-state index < -0.39 is 11.9 Å². The van der Waals surface area contributed by atoms with Crippen LogP contribution in [0.5, 0.6) is 0 Å². The van der Waals surface area contributed by atoms with Gasteiger partial charge in [-0.25, -0.2) is 4.98 Å². The Morgan fingerprint density at radius 1 is 1.19 bits per heavy atom. The molecule has 136 valence electrons. The van der Waals surface area contributed by atoms with Crippen molar-refractivity contribution < 1.29 is 9.59 Å². The molecule has 6 nitrogen and oxygen atoms in total. The fourth-order valence-electron chi connectivity index (χ4n) is 3.88. The lowest BCUT2D eigenvalue weighted by atomic mass is 9.89. The molecule has 2 aliphatic rings. The van der Waals surface area contributed by atoms with Gasteiger partial charge in [-0.3, -0.25) is 9.59 Å². The molecule has 2 atom stereocenters. The zero-order chi connectivity index (χ0) is 18.1. The molecule has 1 aromatic heterocycles. The van der Waals surface area contributed by atoms with Crippen LogP contribution in [0.25, 0.3) is 0 Å². The first-order valence-corrected chi connectivity index (χ1v) is 9.86. The molecule has 0 bridgehead atoms. The van der Waals surface area contributed by atoms with E-state index in [9.17, 15) is 9.59 Å². The summed E-state index contributed by atoms with van der Waals surface area (Å²) in [5, 5.41) is 4.14. The van der Waals surface area contributed by atoms with Crippen molar-refractivity contribution in [1.29, 1.82) is 0 Å². The van der Waals surface area contributed by atoms with Crippen LogP contribution >= 0.6 is 11.3 Å². The monoisotopic (exact) mass is 370 g/mol. The number of amides is 2. The van der Waals surface area contributed by atoms with E-state index in [0.717, 1.165) is 42.2 Å². The first-order chi connectivity index (χ1) is 12.6.